The molecule has 2 saturated heterocycles. The molecule has 0 aliphatic carbocycles. The Morgan fingerprint density at radius 2 is 1.68 bits per heavy atom. The van der Waals surface area contributed by atoms with Crippen LogP contribution in [0, 0.1) is 11.8 Å². The Bertz CT molecular complexity index is 1010. The molecule has 0 aromatic heterocycles. The molecule has 3 aliphatic heterocycles. The van der Waals surface area contributed by atoms with Crippen LogP contribution in [-0.2, 0) is 9.59 Å². The molecule has 2 aromatic rings. The first-order valence-electron chi connectivity index (χ1n) is 9.24. The molecule has 7 heteroatoms. The first-order valence-corrected chi connectivity index (χ1v) is 10.0. The van der Waals surface area contributed by atoms with Crippen molar-refractivity contribution >= 4 is 44.8 Å². The van der Waals surface area contributed by atoms with Crippen LogP contribution in [0.4, 0.5) is 11.4 Å². The minimum Gasteiger partial charge on any atom is -0.274 e. The summed E-state index contributed by atoms with van der Waals surface area (Å²) in [6.07, 6.45) is 0. The molecule has 28 heavy (non-hydrogen) atoms. The van der Waals surface area contributed by atoms with E-state index in [1.807, 2.05) is 61.4 Å². The van der Waals surface area contributed by atoms with Gasteiger partial charge in [-0.3, -0.25) is 9.59 Å². The normalized spacial score (nSPS) is 29.3. The van der Waals surface area contributed by atoms with Crippen molar-refractivity contribution in [1.29, 1.82) is 0 Å². The molecule has 2 amide bonds. The van der Waals surface area contributed by atoms with Gasteiger partial charge in [-0.25, -0.2) is 4.90 Å². The summed E-state index contributed by atoms with van der Waals surface area (Å²) >= 11 is 3.45. The van der Waals surface area contributed by atoms with Crippen molar-refractivity contribution in [2.45, 2.75) is 19.4 Å². The first kappa shape index (κ1) is 17.6. The second-order valence-electron chi connectivity index (χ2n) is 7.61. The Labute approximate surface area is 171 Å². The molecule has 3 heterocycles. The van der Waals surface area contributed by atoms with Crippen LogP contribution in [0.1, 0.15) is 13.8 Å². The first-order chi connectivity index (χ1) is 13.4. The van der Waals surface area contributed by atoms with Crippen molar-refractivity contribution in [2.75, 3.05) is 16.6 Å². The second-order valence-corrected chi connectivity index (χ2v) is 8.53. The van der Waals surface area contributed by atoms with Gasteiger partial charge in [-0.1, -0.05) is 34.1 Å². The Balaban J connectivity index is 1.53. The molecule has 0 radical (unpaired) electrons. The van der Waals surface area contributed by atoms with E-state index in [0.717, 1.165) is 15.9 Å². The molecule has 2 fully saturated rings. The molecule has 0 saturated carbocycles. The molecule has 5 rings (SSSR count). The number of hydrogen-bond acceptors (Lipinski definition) is 5. The van der Waals surface area contributed by atoms with Crippen LogP contribution in [0.3, 0.4) is 0 Å². The minimum atomic E-state index is -0.617. The van der Waals surface area contributed by atoms with E-state index in [9.17, 15) is 9.59 Å². The summed E-state index contributed by atoms with van der Waals surface area (Å²) in [5.41, 5.74) is 1.78. The van der Waals surface area contributed by atoms with Crippen LogP contribution in [0.15, 0.2) is 64.2 Å². The molecular weight excluding hydrogens is 420 g/mol. The molecule has 0 bridgehead atoms. The highest BCUT2D eigenvalue weighted by atomic mass is 79.9. The van der Waals surface area contributed by atoms with Gasteiger partial charge >= 0.3 is 0 Å². The number of carbonyl (C=O) groups is 2. The predicted octanol–water partition coefficient (Wildman–Crippen LogP) is 3.44. The summed E-state index contributed by atoms with van der Waals surface area (Å²) in [5.74, 6) is -1.08. The van der Waals surface area contributed by atoms with E-state index >= 15 is 0 Å². The summed E-state index contributed by atoms with van der Waals surface area (Å²) < 4.78 is 0.987. The number of amides is 2. The van der Waals surface area contributed by atoms with Crippen molar-refractivity contribution in [3.8, 4) is 0 Å². The van der Waals surface area contributed by atoms with Gasteiger partial charge in [-0.15, -0.1) is 0 Å². The summed E-state index contributed by atoms with van der Waals surface area (Å²) in [4.78, 5) is 27.9. The standard InChI is InChI=1S/C21H19BrN4O2/c1-13-21(2)18-17(19(27)25(20(18)28)15-6-4-3-5-7-15)12-24(21)26(23-13)16-10-8-14(22)9-11-16/h3-11,17-18H,12H2,1-2H3/t17-,18+,21+/m0/s1. The van der Waals surface area contributed by atoms with Crippen molar-refractivity contribution < 1.29 is 9.59 Å². The summed E-state index contributed by atoms with van der Waals surface area (Å²) in [6, 6.07) is 17.0. The van der Waals surface area contributed by atoms with Gasteiger partial charge in [0.1, 0.15) is 0 Å². The number of carbonyl (C=O) groups excluding carboxylic acids is 2. The Morgan fingerprint density at radius 1 is 1.00 bits per heavy atom. The van der Waals surface area contributed by atoms with Crippen LogP contribution in [0.2, 0.25) is 0 Å². The van der Waals surface area contributed by atoms with E-state index in [0.29, 0.717) is 12.2 Å². The Hall–Kier alpha value is -2.51. The lowest BCUT2D eigenvalue weighted by Crippen LogP contribution is -2.54. The van der Waals surface area contributed by atoms with E-state index in [1.165, 1.54) is 4.90 Å². The topological polar surface area (TPSA) is 56.2 Å². The lowest BCUT2D eigenvalue weighted by molar-refractivity contribution is -0.123. The Morgan fingerprint density at radius 3 is 2.36 bits per heavy atom. The quantitative estimate of drug-likeness (QED) is 0.673. The Kier molecular flexibility index (Phi) is 3.76. The third kappa shape index (κ3) is 2.20. The van der Waals surface area contributed by atoms with E-state index in [2.05, 4.69) is 20.9 Å². The van der Waals surface area contributed by atoms with Gasteiger partial charge < -0.3 is 0 Å². The predicted molar refractivity (Wildman–Crippen MR) is 111 cm³/mol. The molecule has 0 spiro atoms. The third-order valence-corrected chi connectivity index (χ3v) is 6.74. The second kappa shape index (κ2) is 5.99. The summed E-state index contributed by atoms with van der Waals surface area (Å²) in [6.45, 7) is 4.43. The molecule has 6 nitrogen and oxygen atoms in total. The number of halogens is 1. The van der Waals surface area contributed by atoms with Gasteiger partial charge in [0.15, 0.2) is 0 Å². The lowest BCUT2D eigenvalue weighted by Gasteiger charge is -2.35. The fraction of sp³-hybridized carbons (Fsp3) is 0.286. The number of anilines is 2. The fourth-order valence-corrected chi connectivity index (χ4v) is 4.93. The van der Waals surface area contributed by atoms with Crippen molar-refractivity contribution in [2.24, 2.45) is 16.9 Å². The highest BCUT2D eigenvalue weighted by molar-refractivity contribution is 9.10. The van der Waals surface area contributed by atoms with Gasteiger partial charge in [0.25, 0.3) is 0 Å². The average Bonchev–Trinajstić information content (AvgIpc) is 3.23. The number of hydrazone groups is 1. The fourth-order valence-electron chi connectivity index (χ4n) is 4.67. The molecule has 3 atom stereocenters. The number of imide groups is 1. The smallest absolute Gasteiger partial charge is 0.240 e. The van der Waals surface area contributed by atoms with Gasteiger partial charge in [0, 0.05) is 11.0 Å². The van der Waals surface area contributed by atoms with Gasteiger partial charge in [0.05, 0.1) is 34.5 Å². The monoisotopic (exact) mass is 438 g/mol. The lowest BCUT2D eigenvalue weighted by atomic mass is 9.80. The number of hydrazine groups is 1. The maximum Gasteiger partial charge on any atom is 0.240 e. The number of nitrogens with zero attached hydrogens (tertiary/aromatic N) is 4. The summed E-state index contributed by atoms with van der Waals surface area (Å²) in [5, 5.41) is 8.65. The van der Waals surface area contributed by atoms with E-state index in [4.69, 9.17) is 5.10 Å². The number of benzene rings is 2. The number of para-hydroxylation sites is 1. The molecule has 2 aromatic carbocycles. The third-order valence-electron chi connectivity index (χ3n) is 6.22. The number of rotatable bonds is 2. The zero-order valence-electron chi connectivity index (χ0n) is 15.5. The molecule has 0 N–H and O–H groups in total. The summed E-state index contributed by atoms with van der Waals surface area (Å²) in [7, 11) is 0. The van der Waals surface area contributed by atoms with Gasteiger partial charge in [0.2, 0.25) is 11.8 Å². The van der Waals surface area contributed by atoms with Gasteiger partial charge in [-0.05, 0) is 50.2 Å². The van der Waals surface area contributed by atoms with Crippen LogP contribution < -0.4 is 10.0 Å². The average molecular weight is 439 g/mol. The molecule has 142 valence electrons. The van der Waals surface area contributed by atoms with Crippen LogP contribution in [0.25, 0.3) is 0 Å². The maximum atomic E-state index is 13.4. The molecular formula is C21H19BrN4O2. The van der Waals surface area contributed by atoms with Crippen molar-refractivity contribution in [1.82, 2.24) is 5.01 Å². The van der Waals surface area contributed by atoms with E-state index in [1.54, 1.807) is 12.1 Å². The van der Waals surface area contributed by atoms with Crippen LogP contribution in [-0.4, -0.2) is 34.6 Å². The minimum absolute atomic E-state index is 0.125. The maximum absolute atomic E-state index is 13.4. The highest BCUT2D eigenvalue weighted by Crippen LogP contribution is 2.50. The SMILES string of the molecule is CC1=NN(c2ccc(Br)cc2)N2C[C@@H]3C(=O)N(c4ccccc4)C(=O)[C@@H]3[C@@]12C. The number of fused-ring (bicyclic) bond motifs is 3. The molecule has 3 aliphatic rings. The largest absolute Gasteiger partial charge is 0.274 e. The number of hydrogen-bond donors (Lipinski definition) is 0. The van der Waals surface area contributed by atoms with E-state index in [-0.39, 0.29) is 17.7 Å². The van der Waals surface area contributed by atoms with Crippen molar-refractivity contribution in [3.63, 3.8) is 0 Å². The van der Waals surface area contributed by atoms with Crippen LogP contribution in [0.5, 0.6) is 0 Å². The van der Waals surface area contributed by atoms with E-state index < -0.39 is 11.5 Å². The zero-order chi connectivity index (χ0) is 19.6. The van der Waals surface area contributed by atoms with Gasteiger partial charge in [-0.2, -0.15) is 15.2 Å². The highest BCUT2D eigenvalue weighted by Gasteiger charge is 2.67. The molecule has 0 unspecified atom stereocenters. The van der Waals surface area contributed by atoms with Crippen LogP contribution >= 0.6 is 15.9 Å². The van der Waals surface area contributed by atoms with Crippen molar-refractivity contribution in [3.05, 3.63) is 59.1 Å². The zero-order valence-corrected chi connectivity index (χ0v) is 17.1.